The van der Waals surface area contributed by atoms with Crippen molar-refractivity contribution in [2.45, 2.75) is 13.3 Å². The highest BCUT2D eigenvalue weighted by Gasteiger charge is 2.16. The molecular weight excluding hydrogens is 240 g/mol. The zero-order valence-corrected chi connectivity index (χ0v) is 11.5. The van der Waals surface area contributed by atoms with Crippen LogP contribution in [0.5, 0.6) is 0 Å². The molecule has 0 aliphatic heterocycles. The van der Waals surface area contributed by atoms with Crippen molar-refractivity contribution in [2.24, 2.45) is 7.05 Å². The Morgan fingerprint density at radius 1 is 1.37 bits per heavy atom. The van der Waals surface area contributed by atoms with E-state index in [1.54, 1.807) is 28.2 Å². The first-order valence-electron chi connectivity index (χ1n) is 6.22. The molecule has 19 heavy (non-hydrogen) atoms. The van der Waals surface area contributed by atoms with Crippen LogP contribution in [0.1, 0.15) is 21.6 Å². The van der Waals surface area contributed by atoms with Crippen LogP contribution in [0.15, 0.2) is 30.7 Å². The van der Waals surface area contributed by atoms with Gasteiger partial charge in [-0.05, 0) is 31.0 Å². The molecule has 2 aromatic heterocycles. The summed E-state index contributed by atoms with van der Waals surface area (Å²) < 4.78 is 1.67. The molecule has 0 atom stereocenters. The molecule has 0 aromatic carbocycles. The van der Waals surface area contributed by atoms with Crippen LogP contribution in [-0.2, 0) is 13.5 Å². The third kappa shape index (κ3) is 3.19. The normalized spacial score (nSPS) is 10.5. The monoisotopic (exact) mass is 258 g/mol. The van der Waals surface area contributed by atoms with Gasteiger partial charge in [0.1, 0.15) is 0 Å². The van der Waals surface area contributed by atoms with Crippen molar-refractivity contribution >= 4 is 5.91 Å². The summed E-state index contributed by atoms with van der Waals surface area (Å²) in [5.41, 5.74) is 2.61. The summed E-state index contributed by atoms with van der Waals surface area (Å²) in [4.78, 5) is 18.0. The molecule has 5 heteroatoms. The van der Waals surface area contributed by atoms with E-state index in [0.717, 1.165) is 12.1 Å². The lowest BCUT2D eigenvalue weighted by Crippen LogP contribution is -2.29. The molecule has 0 aliphatic carbocycles. The molecule has 0 bridgehead atoms. The summed E-state index contributed by atoms with van der Waals surface area (Å²) in [5.74, 6) is 0.0136. The van der Waals surface area contributed by atoms with Gasteiger partial charge in [0.05, 0.1) is 11.3 Å². The van der Waals surface area contributed by atoms with Crippen LogP contribution in [0.2, 0.25) is 0 Å². The van der Waals surface area contributed by atoms with Crippen LogP contribution >= 0.6 is 0 Å². The minimum absolute atomic E-state index is 0.0136. The van der Waals surface area contributed by atoms with Crippen LogP contribution < -0.4 is 0 Å². The van der Waals surface area contributed by atoms with E-state index in [9.17, 15) is 4.79 Å². The van der Waals surface area contributed by atoms with E-state index in [0.29, 0.717) is 12.1 Å². The van der Waals surface area contributed by atoms with E-state index in [4.69, 9.17) is 0 Å². The first-order valence-corrected chi connectivity index (χ1v) is 6.22. The van der Waals surface area contributed by atoms with Crippen LogP contribution in [0.3, 0.4) is 0 Å². The molecule has 2 rings (SSSR count). The summed E-state index contributed by atoms with van der Waals surface area (Å²) in [5, 5.41) is 4.19. The molecule has 0 aliphatic rings. The molecule has 5 nitrogen and oxygen atoms in total. The highest BCUT2D eigenvalue weighted by atomic mass is 16.2. The van der Waals surface area contributed by atoms with Gasteiger partial charge >= 0.3 is 0 Å². The topological polar surface area (TPSA) is 51.0 Å². The van der Waals surface area contributed by atoms with Crippen molar-refractivity contribution < 1.29 is 4.79 Å². The van der Waals surface area contributed by atoms with Crippen molar-refractivity contribution in [3.05, 3.63) is 47.5 Å². The lowest BCUT2D eigenvalue weighted by atomic mass is 10.2. The first kappa shape index (κ1) is 13.3. The number of carbonyl (C=O) groups excluding carboxylic acids is 1. The molecule has 0 spiro atoms. The highest BCUT2D eigenvalue weighted by Crippen LogP contribution is 2.08. The van der Waals surface area contributed by atoms with Crippen molar-refractivity contribution in [3.8, 4) is 0 Å². The Hall–Kier alpha value is -2.17. The molecular formula is C14H18N4O. The number of rotatable bonds is 4. The molecule has 0 saturated carbocycles. The van der Waals surface area contributed by atoms with Gasteiger partial charge in [0.2, 0.25) is 0 Å². The largest absolute Gasteiger partial charge is 0.341 e. The molecule has 1 amide bonds. The Labute approximate surface area is 112 Å². The van der Waals surface area contributed by atoms with Gasteiger partial charge in [-0.3, -0.25) is 14.5 Å². The van der Waals surface area contributed by atoms with Gasteiger partial charge in [0.15, 0.2) is 0 Å². The molecule has 0 fully saturated rings. The quantitative estimate of drug-likeness (QED) is 0.833. The number of nitrogens with zero attached hydrogens (tertiary/aromatic N) is 4. The maximum Gasteiger partial charge on any atom is 0.257 e. The lowest BCUT2D eigenvalue weighted by Gasteiger charge is -2.16. The zero-order chi connectivity index (χ0) is 13.8. The smallest absolute Gasteiger partial charge is 0.257 e. The molecule has 0 radical (unpaired) electrons. The SMILES string of the molecule is Cc1nn(C)cc1C(=O)N(C)CCc1ccncc1. The van der Waals surface area contributed by atoms with Gasteiger partial charge in [0, 0.05) is 39.2 Å². The summed E-state index contributed by atoms with van der Waals surface area (Å²) in [7, 11) is 3.64. The Morgan fingerprint density at radius 3 is 2.63 bits per heavy atom. The molecule has 0 saturated heterocycles. The van der Waals surface area contributed by atoms with Gasteiger partial charge in [-0.25, -0.2) is 0 Å². The number of likely N-dealkylation sites (N-methyl/N-ethyl adjacent to an activating group) is 1. The van der Waals surface area contributed by atoms with Gasteiger partial charge in [-0.1, -0.05) is 0 Å². The lowest BCUT2D eigenvalue weighted by molar-refractivity contribution is 0.0796. The number of hydrogen-bond donors (Lipinski definition) is 0. The third-order valence-electron chi connectivity index (χ3n) is 3.08. The van der Waals surface area contributed by atoms with Crippen LogP contribution in [0.25, 0.3) is 0 Å². The Bertz CT molecular complexity index is 562. The van der Waals surface area contributed by atoms with E-state index in [1.165, 1.54) is 5.56 Å². The molecule has 0 unspecified atom stereocenters. The maximum absolute atomic E-state index is 12.3. The molecule has 2 heterocycles. The summed E-state index contributed by atoms with van der Waals surface area (Å²) in [6.07, 6.45) is 6.12. The van der Waals surface area contributed by atoms with Gasteiger partial charge in [-0.2, -0.15) is 5.10 Å². The van der Waals surface area contributed by atoms with Gasteiger partial charge < -0.3 is 4.90 Å². The standard InChI is InChI=1S/C14H18N4O/c1-11-13(10-18(3)16-11)14(19)17(2)9-6-12-4-7-15-8-5-12/h4-5,7-8,10H,6,9H2,1-3H3. The average Bonchev–Trinajstić information content (AvgIpc) is 2.75. The maximum atomic E-state index is 12.3. The number of amides is 1. The minimum Gasteiger partial charge on any atom is -0.341 e. The van der Waals surface area contributed by atoms with Crippen LogP contribution in [0, 0.1) is 6.92 Å². The van der Waals surface area contributed by atoms with E-state index in [1.807, 2.05) is 33.2 Å². The number of carbonyl (C=O) groups is 1. The highest BCUT2D eigenvalue weighted by molar-refractivity contribution is 5.94. The predicted octanol–water partition coefficient (Wildman–Crippen LogP) is 1.44. The van der Waals surface area contributed by atoms with Crippen molar-refractivity contribution in [2.75, 3.05) is 13.6 Å². The third-order valence-corrected chi connectivity index (χ3v) is 3.08. The van der Waals surface area contributed by atoms with Crippen molar-refractivity contribution in [1.82, 2.24) is 19.7 Å². The van der Waals surface area contributed by atoms with E-state index in [2.05, 4.69) is 10.1 Å². The minimum atomic E-state index is 0.0136. The second-order valence-electron chi connectivity index (χ2n) is 4.63. The fraction of sp³-hybridized carbons (Fsp3) is 0.357. The van der Waals surface area contributed by atoms with E-state index in [-0.39, 0.29) is 5.91 Å². The number of aryl methyl sites for hydroxylation is 2. The fourth-order valence-corrected chi connectivity index (χ4v) is 1.96. The van der Waals surface area contributed by atoms with E-state index >= 15 is 0 Å². The predicted molar refractivity (Wildman–Crippen MR) is 72.8 cm³/mol. The molecule has 100 valence electrons. The summed E-state index contributed by atoms with van der Waals surface area (Å²) >= 11 is 0. The van der Waals surface area contributed by atoms with Gasteiger partial charge in [0.25, 0.3) is 5.91 Å². The summed E-state index contributed by atoms with van der Waals surface area (Å²) in [6.45, 7) is 2.53. The Kier molecular flexibility index (Phi) is 3.94. The Morgan fingerprint density at radius 2 is 2.05 bits per heavy atom. The number of pyridine rings is 1. The molecule has 2 aromatic rings. The average molecular weight is 258 g/mol. The van der Waals surface area contributed by atoms with Gasteiger partial charge in [-0.15, -0.1) is 0 Å². The fourth-order valence-electron chi connectivity index (χ4n) is 1.96. The van der Waals surface area contributed by atoms with Crippen molar-refractivity contribution in [3.63, 3.8) is 0 Å². The zero-order valence-electron chi connectivity index (χ0n) is 11.5. The van der Waals surface area contributed by atoms with Crippen molar-refractivity contribution in [1.29, 1.82) is 0 Å². The van der Waals surface area contributed by atoms with Crippen LogP contribution in [0.4, 0.5) is 0 Å². The van der Waals surface area contributed by atoms with Crippen LogP contribution in [-0.4, -0.2) is 39.2 Å². The second kappa shape index (κ2) is 5.65. The second-order valence-corrected chi connectivity index (χ2v) is 4.63. The first-order chi connectivity index (χ1) is 9.08. The summed E-state index contributed by atoms with van der Waals surface area (Å²) in [6, 6.07) is 3.93. The number of hydrogen-bond acceptors (Lipinski definition) is 3. The Balaban J connectivity index is 1.98. The van der Waals surface area contributed by atoms with E-state index < -0.39 is 0 Å². The molecule has 0 N–H and O–H groups in total. The number of aromatic nitrogens is 3.